The van der Waals surface area contributed by atoms with Gasteiger partial charge in [-0.2, -0.15) is 0 Å². The molecule has 1 heteroatoms. The molecule has 1 nitrogen and oxygen atoms in total. The highest BCUT2D eigenvalue weighted by atomic mass is 14.8. The molecule has 0 radical (unpaired) electrons. The Morgan fingerprint density at radius 1 is 1.75 bits per heavy atom. The summed E-state index contributed by atoms with van der Waals surface area (Å²) in [6.07, 6.45) is 1.87. The van der Waals surface area contributed by atoms with Crippen LogP contribution in [0.3, 0.4) is 0 Å². The summed E-state index contributed by atoms with van der Waals surface area (Å²) in [6.45, 7) is 7.29. The van der Waals surface area contributed by atoms with Gasteiger partial charge in [-0.3, -0.25) is 0 Å². The zero-order valence-corrected chi connectivity index (χ0v) is 5.28. The van der Waals surface area contributed by atoms with Crippen molar-refractivity contribution >= 4 is 0 Å². The highest BCUT2D eigenvalue weighted by Gasteiger charge is 1.74. The molecule has 0 saturated carbocycles. The zero-order chi connectivity index (χ0) is 6.24. The van der Waals surface area contributed by atoms with Crippen LogP contribution in [0.4, 0.5) is 0 Å². The third-order valence-corrected chi connectivity index (χ3v) is 0.757. The van der Waals surface area contributed by atoms with E-state index in [0.717, 1.165) is 13.1 Å². The Hall–Kier alpha value is -0.740. The van der Waals surface area contributed by atoms with Gasteiger partial charge in [0.1, 0.15) is 6.54 Å². The van der Waals surface area contributed by atoms with E-state index >= 15 is 0 Å². The maximum atomic E-state index is 3.58. The first-order valence-corrected chi connectivity index (χ1v) is 2.74. The van der Waals surface area contributed by atoms with Crippen LogP contribution in [0, 0.1) is 11.8 Å². The topological polar surface area (TPSA) is 16.6 Å². The van der Waals surface area contributed by atoms with Crippen molar-refractivity contribution in [2.75, 3.05) is 13.1 Å². The molecule has 0 bridgehead atoms. The summed E-state index contributed by atoms with van der Waals surface area (Å²) in [5, 5.41) is 2.10. The Balaban J connectivity index is 2.89. The SMILES string of the molecule is C=CC[NH2+]CC#CC. The highest BCUT2D eigenvalue weighted by Crippen LogP contribution is 1.46. The molecule has 0 rings (SSSR count). The van der Waals surface area contributed by atoms with Crippen molar-refractivity contribution < 1.29 is 5.32 Å². The van der Waals surface area contributed by atoms with Gasteiger partial charge in [-0.1, -0.05) is 6.58 Å². The van der Waals surface area contributed by atoms with E-state index in [1.807, 2.05) is 13.0 Å². The van der Waals surface area contributed by atoms with Crippen molar-refractivity contribution in [1.29, 1.82) is 0 Å². The summed E-state index contributed by atoms with van der Waals surface area (Å²) < 4.78 is 0. The van der Waals surface area contributed by atoms with E-state index in [-0.39, 0.29) is 0 Å². The minimum absolute atomic E-state index is 0.891. The molecule has 0 heterocycles. The Morgan fingerprint density at radius 2 is 2.50 bits per heavy atom. The van der Waals surface area contributed by atoms with E-state index in [1.54, 1.807) is 0 Å². The fraction of sp³-hybridized carbons (Fsp3) is 0.429. The van der Waals surface area contributed by atoms with Crippen molar-refractivity contribution in [3.05, 3.63) is 12.7 Å². The quantitative estimate of drug-likeness (QED) is 0.293. The van der Waals surface area contributed by atoms with E-state index in [9.17, 15) is 0 Å². The molecule has 0 aliphatic carbocycles. The van der Waals surface area contributed by atoms with Crippen molar-refractivity contribution in [2.45, 2.75) is 6.92 Å². The molecule has 0 atom stereocenters. The summed E-state index contributed by atoms with van der Waals surface area (Å²) in [5.74, 6) is 5.74. The van der Waals surface area contributed by atoms with Crippen molar-refractivity contribution in [2.24, 2.45) is 0 Å². The third kappa shape index (κ3) is 5.26. The van der Waals surface area contributed by atoms with Gasteiger partial charge < -0.3 is 5.32 Å². The van der Waals surface area contributed by atoms with Gasteiger partial charge in [-0.15, -0.1) is 5.92 Å². The van der Waals surface area contributed by atoms with Crippen LogP contribution in [0.25, 0.3) is 0 Å². The molecular weight excluding hydrogens is 98.1 g/mol. The van der Waals surface area contributed by atoms with E-state index in [4.69, 9.17) is 0 Å². The number of hydrogen-bond acceptors (Lipinski definition) is 0. The van der Waals surface area contributed by atoms with Crippen LogP contribution in [0.15, 0.2) is 12.7 Å². The summed E-state index contributed by atoms with van der Waals surface area (Å²) in [7, 11) is 0. The smallest absolute Gasteiger partial charge is 0.138 e. The Bertz CT molecular complexity index is 105. The minimum Gasteiger partial charge on any atom is -0.333 e. The van der Waals surface area contributed by atoms with Crippen LogP contribution in [0.5, 0.6) is 0 Å². The van der Waals surface area contributed by atoms with Crippen molar-refractivity contribution in [1.82, 2.24) is 0 Å². The molecule has 0 aliphatic heterocycles. The molecule has 0 unspecified atom stereocenters. The molecule has 0 aromatic rings. The molecule has 8 heavy (non-hydrogen) atoms. The average molecular weight is 110 g/mol. The Labute approximate surface area is 50.8 Å². The van der Waals surface area contributed by atoms with Gasteiger partial charge in [0.25, 0.3) is 0 Å². The van der Waals surface area contributed by atoms with E-state index < -0.39 is 0 Å². The van der Waals surface area contributed by atoms with Crippen molar-refractivity contribution in [3.63, 3.8) is 0 Å². The number of nitrogens with two attached hydrogens (primary N) is 1. The molecule has 0 fully saturated rings. The molecule has 0 aliphatic rings. The highest BCUT2D eigenvalue weighted by molar-refractivity contribution is 4.93. The second-order valence-electron chi connectivity index (χ2n) is 1.44. The van der Waals surface area contributed by atoms with E-state index in [2.05, 4.69) is 23.7 Å². The standard InChI is InChI=1S/C7H11N/c1-3-5-7-8-6-4-2/h4,8H,2,6-7H2,1H3/p+1. The molecule has 0 amide bonds. The second-order valence-corrected chi connectivity index (χ2v) is 1.44. The lowest BCUT2D eigenvalue weighted by Gasteiger charge is -1.85. The maximum Gasteiger partial charge on any atom is 0.138 e. The maximum absolute atomic E-state index is 3.58. The predicted molar refractivity (Wildman–Crippen MR) is 35.3 cm³/mol. The van der Waals surface area contributed by atoms with Crippen LogP contribution < -0.4 is 5.32 Å². The molecule has 44 valence electrons. The number of rotatable bonds is 3. The lowest BCUT2D eigenvalue weighted by atomic mass is 10.5. The van der Waals surface area contributed by atoms with E-state index in [1.165, 1.54) is 0 Å². The van der Waals surface area contributed by atoms with Crippen molar-refractivity contribution in [3.8, 4) is 11.8 Å². The van der Waals surface area contributed by atoms with Gasteiger partial charge in [-0.25, -0.2) is 0 Å². The summed E-state index contributed by atoms with van der Waals surface area (Å²) in [4.78, 5) is 0. The first-order chi connectivity index (χ1) is 3.91. The summed E-state index contributed by atoms with van der Waals surface area (Å²) in [5.41, 5.74) is 0. The fourth-order valence-electron chi connectivity index (χ4n) is 0.375. The molecule has 2 N–H and O–H groups in total. The molecule has 0 aromatic heterocycles. The number of hydrogen-bond donors (Lipinski definition) is 1. The minimum atomic E-state index is 0.891. The number of quaternary nitrogens is 1. The molecule has 0 aromatic carbocycles. The predicted octanol–water partition coefficient (Wildman–Crippen LogP) is -0.241. The molecular formula is C7H12N+. The summed E-state index contributed by atoms with van der Waals surface area (Å²) in [6, 6.07) is 0. The van der Waals surface area contributed by atoms with Gasteiger partial charge in [0.2, 0.25) is 0 Å². The molecule has 0 spiro atoms. The zero-order valence-electron chi connectivity index (χ0n) is 5.28. The van der Waals surface area contributed by atoms with Crippen LogP contribution >= 0.6 is 0 Å². The summed E-state index contributed by atoms with van der Waals surface area (Å²) >= 11 is 0. The largest absolute Gasteiger partial charge is 0.333 e. The lowest BCUT2D eigenvalue weighted by Crippen LogP contribution is -2.83. The van der Waals surface area contributed by atoms with Gasteiger partial charge in [0.15, 0.2) is 0 Å². The van der Waals surface area contributed by atoms with Crippen LogP contribution in [0.2, 0.25) is 0 Å². The Morgan fingerprint density at radius 3 is 3.00 bits per heavy atom. The lowest BCUT2D eigenvalue weighted by molar-refractivity contribution is -0.634. The van der Waals surface area contributed by atoms with Crippen LogP contribution in [-0.4, -0.2) is 13.1 Å². The van der Waals surface area contributed by atoms with Gasteiger partial charge >= 0.3 is 0 Å². The van der Waals surface area contributed by atoms with E-state index in [0.29, 0.717) is 0 Å². The van der Waals surface area contributed by atoms with Gasteiger partial charge in [0.05, 0.1) is 6.54 Å². The van der Waals surface area contributed by atoms with Gasteiger partial charge in [0, 0.05) is 0 Å². The average Bonchev–Trinajstić information content (AvgIpc) is 1.81. The second kappa shape index (κ2) is 6.26. The fourth-order valence-corrected chi connectivity index (χ4v) is 0.375. The van der Waals surface area contributed by atoms with Crippen LogP contribution in [0.1, 0.15) is 6.92 Å². The van der Waals surface area contributed by atoms with Crippen LogP contribution in [-0.2, 0) is 0 Å². The third-order valence-electron chi connectivity index (χ3n) is 0.757. The normalized spacial score (nSPS) is 7.12. The molecule has 0 saturated heterocycles. The Kier molecular flexibility index (Phi) is 5.68. The van der Waals surface area contributed by atoms with Gasteiger partial charge in [-0.05, 0) is 18.9 Å². The first kappa shape index (κ1) is 7.26. The first-order valence-electron chi connectivity index (χ1n) is 2.74. The monoisotopic (exact) mass is 110 g/mol.